The number of benzene rings is 2. The number of Topliss-reactive ketones (excluding diaryl/α,β-unsaturated/α-hetero) is 1. The fourth-order valence-corrected chi connectivity index (χ4v) is 4.81. The first-order valence-electron chi connectivity index (χ1n) is 13.2. The van der Waals surface area contributed by atoms with Crippen molar-refractivity contribution in [2.75, 3.05) is 26.2 Å². The SMILES string of the molecule is C=[N+]([O-])c1ccccc1[C@@H]1C(=C(O)c2ccc(C)cc2)C(=O)C(=O)N1CCCN(CCCC)CCCC. The molecule has 1 amide bonds. The molecule has 1 atom stereocenters. The van der Waals surface area contributed by atoms with Crippen molar-refractivity contribution < 1.29 is 19.4 Å². The number of carbonyl (C=O) groups excluding carboxylic acids is 2. The van der Waals surface area contributed by atoms with Crippen LogP contribution in [-0.2, 0) is 9.59 Å². The minimum absolute atomic E-state index is 0.00280. The van der Waals surface area contributed by atoms with Gasteiger partial charge in [-0.25, -0.2) is 0 Å². The van der Waals surface area contributed by atoms with Crippen LogP contribution in [0.4, 0.5) is 5.69 Å². The summed E-state index contributed by atoms with van der Waals surface area (Å²) in [6.45, 7) is 12.9. The van der Waals surface area contributed by atoms with Gasteiger partial charge in [0, 0.05) is 18.2 Å². The molecule has 0 unspecified atom stereocenters. The maximum Gasteiger partial charge on any atom is 0.295 e. The summed E-state index contributed by atoms with van der Waals surface area (Å²) in [5.74, 6) is -1.65. The molecule has 2 aromatic carbocycles. The molecule has 7 nitrogen and oxygen atoms in total. The molecule has 0 aliphatic carbocycles. The first-order valence-corrected chi connectivity index (χ1v) is 13.2. The van der Waals surface area contributed by atoms with Crippen LogP contribution in [-0.4, -0.2) is 64.2 Å². The number of aliphatic hydroxyl groups is 1. The zero-order chi connectivity index (χ0) is 26.9. The Labute approximate surface area is 220 Å². The fourth-order valence-electron chi connectivity index (χ4n) is 4.81. The highest BCUT2D eigenvalue weighted by molar-refractivity contribution is 6.46. The van der Waals surface area contributed by atoms with Crippen molar-refractivity contribution in [3.63, 3.8) is 0 Å². The monoisotopic (exact) mass is 505 g/mol. The number of rotatable bonds is 13. The van der Waals surface area contributed by atoms with Gasteiger partial charge >= 0.3 is 0 Å². The zero-order valence-corrected chi connectivity index (χ0v) is 22.3. The van der Waals surface area contributed by atoms with E-state index in [1.54, 1.807) is 36.4 Å². The largest absolute Gasteiger partial charge is 0.619 e. The van der Waals surface area contributed by atoms with Crippen molar-refractivity contribution in [1.82, 2.24) is 9.80 Å². The molecule has 0 spiro atoms. The first kappa shape index (κ1) is 28.1. The average Bonchev–Trinajstić information content (AvgIpc) is 3.14. The van der Waals surface area contributed by atoms with Gasteiger partial charge < -0.3 is 20.1 Å². The van der Waals surface area contributed by atoms with E-state index in [0.717, 1.165) is 50.9 Å². The Morgan fingerprint density at radius 1 is 1.00 bits per heavy atom. The smallest absolute Gasteiger partial charge is 0.295 e. The van der Waals surface area contributed by atoms with E-state index in [2.05, 4.69) is 25.5 Å². The predicted molar refractivity (Wildman–Crippen MR) is 148 cm³/mol. The van der Waals surface area contributed by atoms with E-state index >= 15 is 0 Å². The van der Waals surface area contributed by atoms with Crippen LogP contribution in [0, 0.1) is 12.1 Å². The number of para-hydroxylation sites is 1. The predicted octanol–water partition coefficient (Wildman–Crippen LogP) is 5.55. The maximum atomic E-state index is 13.3. The van der Waals surface area contributed by atoms with Crippen molar-refractivity contribution in [3.05, 3.63) is 76.0 Å². The van der Waals surface area contributed by atoms with E-state index in [9.17, 15) is 19.9 Å². The number of aliphatic hydroxyl groups excluding tert-OH is 1. The molecule has 0 saturated carbocycles. The van der Waals surface area contributed by atoms with Crippen LogP contribution >= 0.6 is 0 Å². The van der Waals surface area contributed by atoms with E-state index in [1.807, 2.05) is 19.1 Å². The number of ketones is 1. The van der Waals surface area contributed by atoms with Crippen LogP contribution in [0.5, 0.6) is 0 Å². The summed E-state index contributed by atoms with van der Waals surface area (Å²) in [5, 5.41) is 23.6. The van der Waals surface area contributed by atoms with Crippen LogP contribution in [0.25, 0.3) is 5.76 Å². The number of carbonyl (C=O) groups is 2. The third-order valence-corrected chi connectivity index (χ3v) is 6.89. The van der Waals surface area contributed by atoms with Gasteiger partial charge in [-0.2, -0.15) is 4.74 Å². The van der Waals surface area contributed by atoms with Crippen LogP contribution < -0.4 is 0 Å². The maximum absolute atomic E-state index is 13.3. The van der Waals surface area contributed by atoms with Gasteiger partial charge in [0.2, 0.25) is 5.69 Å². The lowest BCUT2D eigenvalue weighted by Crippen LogP contribution is -2.34. The van der Waals surface area contributed by atoms with Crippen molar-refractivity contribution in [3.8, 4) is 0 Å². The molecule has 0 aromatic heterocycles. The van der Waals surface area contributed by atoms with Gasteiger partial charge in [-0.15, -0.1) is 0 Å². The van der Waals surface area contributed by atoms with E-state index in [1.165, 1.54) is 4.90 Å². The molecule has 1 N–H and O–H groups in total. The van der Waals surface area contributed by atoms with Gasteiger partial charge in [0.15, 0.2) is 0 Å². The van der Waals surface area contributed by atoms with Crippen molar-refractivity contribution in [1.29, 1.82) is 0 Å². The number of hydrogen-bond donors (Lipinski definition) is 1. The lowest BCUT2D eigenvalue weighted by Gasteiger charge is -2.28. The highest BCUT2D eigenvalue weighted by atomic mass is 16.5. The second-order valence-corrected chi connectivity index (χ2v) is 9.70. The molecule has 1 aliphatic rings. The van der Waals surface area contributed by atoms with Gasteiger partial charge in [0.25, 0.3) is 11.7 Å². The molecule has 7 heteroatoms. The summed E-state index contributed by atoms with van der Waals surface area (Å²) in [7, 11) is 0. The molecular formula is C30H39N3O4. The summed E-state index contributed by atoms with van der Waals surface area (Å²) >= 11 is 0. The average molecular weight is 506 g/mol. The summed E-state index contributed by atoms with van der Waals surface area (Å²) in [6.07, 6.45) is 5.13. The van der Waals surface area contributed by atoms with Crippen molar-refractivity contribution >= 4 is 29.9 Å². The Morgan fingerprint density at radius 3 is 2.19 bits per heavy atom. The normalized spacial score (nSPS) is 17.1. The molecule has 1 fully saturated rings. The van der Waals surface area contributed by atoms with Crippen LogP contribution in [0.2, 0.25) is 0 Å². The topological polar surface area (TPSA) is 86.9 Å². The number of amides is 1. The fraction of sp³-hybridized carbons (Fsp3) is 0.433. The van der Waals surface area contributed by atoms with Gasteiger partial charge in [-0.3, -0.25) is 9.59 Å². The van der Waals surface area contributed by atoms with Crippen molar-refractivity contribution in [2.45, 2.75) is 58.9 Å². The second-order valence-electron chi connectivity index (χ2n) is 9.70. The quantitative estimate of drug-likeness (QED) is 0.0733. The Morgan fingerprint density at radius 2 is 1.59 bits per heavy atom. The van der Waals surface area contributed by atoms with Gasteiger partial charge in [0.05, 0.1) is 17.2 Å². The highest BCUT2D eigenvalue weighted by Crippen LogP contribution is 2.42. The molecule has 0 bridgehead atoms. The number of unbranched alkanes of at least 4 members (excludes halogenated alkanes) is 2. The minimum atomic E-state index is -0.879. The molecular weight excluding hydrogens is 466 g/mol. The molecule has 2 aromatic rings. The Balaban J connectivity index is 1.99. The van der Waals surface area contributed by atoms with Gasteiger partial charge in [-0.05, 0) is 51.9 Å². The number of likely N-dealkylation sites (tertiary alicyclic amines) is 1. The summed E-state index contributed by atoms with van der Waals surface area (Å²) in [4.78, 5) is 30.5. The van der Waals surface area contributed by atoms with E-state index in [0.29, 0.717) is 28.8 Å². The Bertz CT molecular complexity index is 1130. The standard InChI is InChI=1S/C30H39N3O4/c1-5-7-18-32(19-8-6-2)20-11-21-33-27(24-12-9-10-13-25(24)31(4)37)26(29(35)30(33)36)28(34)23-16-14-22(3)15-17-23/h9-10,12-17,27,34H,4-8,11,18-21H2,1-3H3/t27-/m1/s1. The summed E-state index contributed by atoms with van der Waals surface area (Å²) in [6, 6.07) is 13.0. The van der Waals surface area contributed by atoms with Gasteiger partial charge in [-0.1, -0.05) is 68.7 Å². The van der Waals surface area contributed by atoms with Crippen LogP contribution in [0.3, 0.4) is 0 Å². The van der Waals surface area contributed by atoms with E-state index in [4.69, 9.17) is 0 Å². The molecule has 1 saturated heterocycles. The number of hydrogen-bond acceptors (Lipinski definition) is 5. The molecule has 3 rings (SSSR count). The van der Waals surface area contributed by atoms with Crippen molar-refractivity contribution in [2.24, 2.45) is 0 Å². The number of nitrogens with zero attached hydrogens (tertiary/aromatic N) is 3. The van der Waals surface area contributed by atoms with Crippen LogP contribution in [0.1, 0.15) is 68.7 Å². The Hall–Kier alpha value is -3.45. The second kappa shape index (κ2) is 13.2. The Kier molecular flexibility index (Phi) is 10.0. The minimum Gasteiger partial charge on any atom is -0.619 e. The van der Waals surface area contributed by atoms with E-state index < -0.39 is 17.7 Å². The third kappa shape index (κ3) is 6.66. The molecule has 0 radical (unpaired) electrons. The lowest BCUT2D eigenvalue weighted by atomic mass is 9.94. The zero-order valence-electron chi connectivity index (χ0n) is 22.3. The van der Waals surface area contributed by atoms with Gasteiger partial charge in [0.1, 0.15) is 12.5 Å². The number of aryl methyl sites for hydroxylation is 1. The lowest BCUT2D eigenvalue weighted by molar-refractivity contribution is -0.350. The summed E-state index contributed by atoms with van der Waals surface area (Å²) in [5.41, 5.74) is 2.17. The highest BCUT2D eigenvalue weighted by Gasteiger charge is 2.47. The molecule has 37 heavy (non-hydrogen) atoms. The first-order chi connectivity index (χ1) is 17.8. The molecule has 198 valence electrons. The van der Waals surface area contributed by atoms with E-state index in [-0.39, 0.29) is 17.0 Å². The molecule has 1 heterocycles. The summed E-state index contributed by atoms with van der Waals surface area (Å²) < 4.78 is 0.485. The molecule has 1 aliphatic heterocycles. The van der Waals surface area contributed by atoms with Crippen LogP contribution in [0.15, 0.2) is 54.1 Å². The third-order valence-electron chi connectivity index (χ3n) is 6.89.